The van der Waals surface area contributed by atoms with E-state index in [1.165, 1.54) is 5.41 Å². The van der Waals surface area contributed by atoms with Crippen LogP contribution in [0.5, 0.6) is 5.75 Å². The molecule has 154 valence electrons. The Bertz CT molecular complexity index is 801. The maximum absolute atomic E-state index is 12.4. The van der Waals surface area contributed by atoms with Crippen LogP contribution >= 0.6 is 0 Å². The summed E-state index contributed by atoms with van der Waals surface area (Å²) in [6.45, 7) is 0. The van der Waals surface area contributed by atoms with Crippen LogP contribution in [0, 0.1) is 5.92 Å². The van der Waals surface area contributed by atoms with Crippen LogP contribution in [0.3, 0.4) is 0 Å². The fourth-order valence-corrected chi connectivity index (χ4v) is 4.45. The van der Waals surface area contributed by atoms with Gasteiger partial charge in [-0.3, -0.25) is 4.79 Å². The van der Waals surface area contributed by atoms with Gasteiger partial charge in [-0.05, 0) is 61.8 Å². The molecule has 0 heterocycles. The number of allylic oxidation sites excluding steroid dienone is 2. The van der Waals surface area contributed by atoms with Crippen LogP contribution in [0.15, 0.2) is 41.8 Å². The summed E-state index contributed by atoms with van der Waals surface area (Å²) in [6, 6.07) is 7.13. The minimum Gasteiger partial charge on any atom is -0.497 e. The highest BCUT2D eigenvalue weighted by molar-refractivity contribution is 7.92. The van der Waals surface area contributed by atoms with E-state index in [0.29, 0.717) is 18.1 Å². The molecule has 0 aliphatic heterocycles. The molecule has 1 aliphatic rings. The molecular formula is C21H29NO5S. The molecule has 1 aliphatic carbocycles. The number of unbranched alkanes of at least 4 members (excludes halogenated alkanes) is 1. The average molecular weight is 408 g/mol. The Labute approximate surface area is 167 Å². The Morgan fingerprint density at radius 1 is 1.36 bits per heavy atom. The highest BCUT2D eigenvalue weighted by Gasteiger charge is 2.23. The predicted octanol–water partition coefficient (Wildman–Crippen LogP) is 3.96. The first-order valence-electron chi connectivity index (χ1n) is 9.61. The molecule has 1 aromatic carbocycles. The minimum atomic E-state index is -3.52. The zero-order valence-electron chi connectivity index (χ0n) is 16.2. The summed E-state index contributed by atoms with van der Waals surface area (Å²) in [4.78, 5) is 10.5. The van der Waals surface area contributed by atoms with Crippen molar-refractivity contribution in [2.45, 2.75) is 51.0 Å². The van der Waals surface area contributed by atoms with Crippen molar-refractivity contribution in [1.29, 1.82) is 0 Å². The van der Waals surface area contributed by atoms with Crippen molar-refractivity contribution in [3.05, 3.63) is 47.4 Å². The summed E-state index contributed by atoms with van der Waals surface area (Å²) in [6.07, 6.45) is 10.8. The first-order valence-corrected chi connectivity index (χ1v) is 11.2. The molecule has 7 heteroatoms. The smallest absolute Gasteiger partial charge is 0.303 e. The number of hydrogen-bond donors (Lipinski definition) is 2. The molecule has 0 radical (unpaired) electrons. The van der Waals surface area contributed by atoms with Crippen LogP contribution < -0.4 is 9.46 Å². The van der Waals surface area contributed by atoms with E-state index >= 15 is 0 Å². The summed E-state index contributed by atoms with van der Waals surface area (Å²) in [5.41, 5.74) is 0.760. The van der Waals surface area contributed by atoms with Gasteiger partial charge in [-0.2, -0.15) is 0 Å². The quantitative estimate of drug-likeness (QED) is 0.452. The SMILES string of the molecule is COc1cccc(/C=C/S(=O)(=O)NC2CCCC(/C=C/CCCC(=O)O)C2)c1. The first kappa shape index (κ1) is 22.2. The largest absolute Gasteiger partial charge is 0.497 e. The number of sulfonamides is 1. The molecule has 1 aromatic rings. The third-order valence-electron chi connectivity index (χ3n) is 4.75. The van der Waals surface area contributed by atoms with E-state index in [2.05, 4.69) is 10.8 Å². The normalized spacial score (nSPS) is 20.6. The Kier molecular flexibility index (Phi) is 8.73. The molecule has 0 aromatic heterocycles. The van der Waals surface area contributed by atoms with Crippen LogP contribution in [0.25, 0.3) is 6.08 Å². The zero-order valence-corrected chi connectivity index (χ0v) is 17.0. The number of ether oxygens (including phenoxy) is 1. The highest BCUT2D eigenvalue weighted by Crippen LogP contribution is 2.26. The molecule has 2 unspecified atom stereocenters. The van der Waals surface area contributed by atoms with Crippen LogP contribution in [-0.2, 0) is 14.8 Å². The van der Waals surface area contributed by atoms with Gasteiger partial charge in [0.25, 0.3) is 0 Å². The number of carboxylic acids is 1. The Morgan fingerprint density at radius 2 is 2.18 bits per heavy atom. The summed E-state index contributed by atoms with van der Waals surface area (Å²) in [5.74, 6) is 0.231. The van der Waals surface area contributed by atoms with Gasteiger partial charge in [0.1, 0.15) is 5.75 Å². The molecule has 0 bridgehead atoms. The van der Waals surface area contributed by atoms with Gasteiger partial charge in [0.15, 0.2) is 0 Å². The molecule has 2 rings (SSSR count). The topological polar surface area (TPSA) is 92.7 Å². The van der Waals surface area contributed by atoms with Crippen molar-refractivity contribution in [3.63, 3.8) is 0 Å². The Morgan fingerprint density at radius 3 is 2.93 bits per heavy atom. The maximum atomic E-state index is 12.4. The molecule has 0 amide bonds. The fourth-order valence-electron chi connectivity index (χ4n) is 3.35. The van der Waals surface area contributed by atoms with E-state index in [1.54, 1.807) is 25.3 Å². The van der Waals surface area contributed by atoms with Crippen LogP contribution in [-0.4, -0.2) is 32.6 Å². The number of hydrogen-bond acceptors (Lipinski definition) is 4. The number of carboxylic acid groups (broad SMARTS) is 1. The van der Waals surface area contributed by atoms with E-state index < -0.39 is 16.0 Å². The number of rotatable bonds is 10. The zero-order chi connectivity index (χ0) is 20.4. The van der Waals surface area contributed by atoms with Gasteiger partial charge >= 0.3 is 5.97 Å². The molecule has 0 saturated heterocycles. The van der Waals surface area contributed by atoms with Crippen molar-refractivity contribution in [3.8, 4) is 5.75 Å². The summed E-state index contributed by atoms with van der Waals surface area (Å²) in [7, 11) is -1.95. The van der Waals surface area contributed by atoms with E-state index in [-0.39, 0.29) is 12.5 Å². The molecule has 28 heavy (non-hydrogen) atoms. The lowest BCUT2D eigenvalue weighted by Crippen LogP contribution is -2.37. The summed E-state index contributed by atoms with van der Waals surface area (Å²) < 4.78 is 32.7. The molecule has 2 N–H and O–H groups in total. The minimum absolute atomic E-state index is 0.0811. The van der Waals surface area contributed by atoms with Gasteiger partial charge in [0.2, 0.25) is 10.0 Å². The van der Waals surface area contributed by atoms with E-state index in [1.807, 2.05) is 18.2 Å². The third-order valence-corrected chi connectivity index (χ3v) is 5.91. The third kappa shape index (κ3) is 8.27. The number of methoxy groups -OCH3 is 1. The van der Waals surface area contributed by atoms with Crippen molar-refractivity contribution in [2.75, 3.05) is 7.11 Å². The lowest BCUT2D eigenvalue weighted by molar-refractivity contribution is -0.137. The summed E-state index contributed by atoms with van der Waals surface area (Å²) >= 11 is 0. The van der Waals surface area contributed by atoms with Crippen molar-refractivity contribution < 1.29 is 23.1 Å². The first-order chi connectivity index (χ1) is 13.4. The van der Waals surface area contributed by atoms with E-state index in [4.69, 9.17) is 9.84 Å². The van der Waals surface area contributed by atoms with Crippen LogP contribution in [0.4, 0.5) is 0 Å². The van der Waals surface area contributed by atoms with Crippen LogP contribution in [0.2, 0.25) is 0 Å². The van der Waals surface area contributed by atoms with Gasteiger partial charge in [0, 0.05) is 17.9 Å². The van der Waals surface area contributed by atoms with Crippen LogP contribution in [0.1, 0.15) is 50.5 Å². The van der Waals surface area contributed by atoms with Gasteiger partial charge in [-0.25, -0.2) is 13.1 Å². The number of carbonyl (C=O) groups is 1. The molecule has 2 atom stereocenters. The fraction of sp³-hybridized carbons (Fsp3) is 0.476. The second-order valence-corrected chi connectivity index (χ2v) is 8.68. The lowest BCUT2D eigenvalue weighted by atomic mass is 9.86. The summed E-state index contributed by atoms with van der Waals surface area (Å²) in [5, 5.41) is 9.85. The maximum Gasteiger partial charge on any atom is 0.303 e. The Hall–Kier alpha value is -2.12. The van der Waals surface area contributed by atoms with Gasteiger partial charge in [-0.15, -0.1) is 0 Å². The van der Waals surface area contributed by atoms with Gasteiger partial charge < -0.3 is 9.84 Å². The van der Waals surface area contributed by atoms with Crippen molar-refractivity contribution in [1.82, 2.24) is 4.72 Å². The molecule has 1 saturated carbocycles. The molecule has 0 spiro atoms. The van der Waals surface area contributed by atoms with Crippen molar-refractivity contribution >= 4 is 22.1 Å². The number of nitrogens with one attached hydrogen (secondary N) is 1. The molecular weight excluding hydrogens is 378 g/mol. The monoisotopic (exact) mass is 407 g/mol. The van der Waals surface area contributed by atoms with E-state index in [0.717, 1.165) is 37.7 Å². The standard InChI is InChI=1S/C21H29NO5S/c1-27-20-11-6-9-18(16-20)13-14-28(25,26)22-19-10-5-8-17(15-19)7-3-2-4-12-21(23)24/h3,6-7,9,11,13-14,16-17,19,22H,2,4-5,8,10,12,15H2,1H3,(H,23,24)/b7-3+,14-13+. The van der Waals surface area contributed by atoms with Gasteiger partial charge in [0.05, 0.1) is 7.11 Å². The molecule has 1 fully saturated rings. The Balaban J connectivity index is 1.86. The number of aliphatic carboxylic acids is 1. The van der Waals surface area contributed by atoms with E-state index in [9.17, 15) is 13.2 Å². The second-order valence-electron chi connectivity index (χ2n) is 7.08. The molecule has 6 nitrogen and oxygen atoms in total. The predicted molar refractivity (Wildman–Crippen MR) is 110 cm³/mol. The van der Waals surface area contributed by atoms with Crippen molar-refractivity contribution in [2.24, 2.45) is 5.92 Å². The van der Waals surface area contributed by atoms with Gasteiger partial charge in [-0.1, -0.05) is 30.7 Å². The second kappa shape index (κ2) is 11.0. The average Bonchev–Trinajstić information content (AvgIpc) is 2.66. The highest BCUT2D eigenvalue weighted by atomic mass is 32.2. The lowest BCUT2D eigenvalue weighted by Gasteiger charge is -2.27. The number of benzene rings is 1.